The molecule has 0 saturated heterocycles. The Labute approximate surface area is 72.3 Å². The van der Waals surface area contributed by atoms with Crippen molar-refractivity contribution in [1.82, 2.24) is 0 Å². The molecule has 0 unspecified atom stereocenters. The van der Waals surface area contributed by atoms with E-state index in [0.717, 1.165) is 0 Å². The average Bonchev–Trinajstić information content (AvgIpc) is 0.722. The normalized spacial score (nSPS) is 10.0. The van der Waals surface area contributed by atoms with E-state index in [1.807, 2.05) is 0 Å². The van der Waals surface area contributed by atoms with Crippen LogP contribution in [0.2, 0.25) is 0 Å². The van der Waals surface area contributed by atoms with Crippen LogP contribution in [-0.4, -0.2) is 31.1 Å². The van der Waals surface area contributed by atoms with Crippen molar-refractivity contribution in [2.75, 3.05) is 0 Å². The van der Waals surface area contributed by atoms with Crippen LogP contribution in [0, 0.1) is 0 Å². The monoisotopic (exact) mass is 342 g/mol. The molecule has 0 spiro atoms. The van der Waals surface area contributed by atoms with Crippen LogP contribution in [0.4, 0.5) is 0 Å². The van der Waals surface area contributed by atoms with Crippen LogP contribution >= 0.6 is 34.8 Å². The van der Waals surface area contributed by atoms with E-state index in [2.05, 4.69) is 0 Å². The van der Waals surface area contributed by atoms with Gasteiger partial charge in [-0.2, -0.15) is 0 Å². The summed E-state index contributed by atoms with van der Waals surface area (Å²) in [5.74, 6) is 0. The van der Waals surface area contributed by atoms with Crippen molar-refractivity contribution >= 4 is 62.1 Å². The standard InChI is InChI=1S/C2H3Cl3.Pb.2H/c1-2(3,4)5;;;/h1H3;;;. The van der Waals surface area contributed by atoms with Crippen molar-refractivity contribution < 1.29 is 0 Å². The molecule has 0 N–H and O–H groups in total. The second kappa shape index (κ2) is 3.75. The number of hydrogen-bond acceptors (Lipinski definition) is 0. The summed E-state index contributed by atoms with van der Waals surface area (Å²) in [6.45, 7) is 1.48. The zero-order chi connectivity index (χ0) is 4.50. The molecule has 0 aromatic heterocycles. The van der Waals surface area contributed by atoms with Crippen molar-refractivity contribution in [1.29, 1.82) is 0 Å². The van der Waals surface area contributed by atoms with E-state index in [4.69, 9.17) is 34.8 Å². The molecule has 38 valence electrons. The Hall–Kier alpha value is 1.79. The molecular formula is C2H5Cl3Pb. The predicted octanol–water partition coefficient (Wildman–Crippen LogP) is 1.46. The van der Waals surface area contributed by atoms with E-state index < -0.39 is 3.79 Å². The predicted molar refractivity (Wildman–Crippen MR) is 34.5 cm³/mol. The second-order valence-corrected chi connectivity index (χ2v) is 3.63. The zero-order valence-corrected chi connectivity index (χ0v) is 11.1. The van der Waals surface area contributed by atoms with Gasteiger partial charge in [-0.3, -0.25) is 0 Å². The molecule has 0 rings (SSSR count). The van der Waals surface area contributed by atoms with Gasteiger partial charge >= 0.3 is 27.3 Å². The zero-order valence-electron chi connectivity index (χ0n) is 3.34. The molecule has 0 aromatic rings. The minimum absolute atomic E-state index is 0. The Morgan fingerprint density at radius 3 is 1.17 bits per heavy atom. The Bertz CT molecular complexity index is 24.3. The number of halogens is 3. The Kier molecular flexibility index (Phi) is 6.70. The van der Waals surface area contributed by atoms with Gasteiger partial charge in [-0.05, 0) is 6.92 Å². The Morgan fingerprint density at radius 2 is 1.17 bits per heavy atom. The molecule has 0 aliphatic rings. The van der Waals surface area contributed by atoms with Crippen molar-refractivity contribution in [3.63, 3.8) is 0 Å². The Morgan fingerprint density at radius 1 is 1.17 bits per heavy atom. The van der Waals surface area contributed by atoms with Gasteiger partial charge in [0.1, 0.15) is 0 Å². The summed E-state index contributed by atoms with van der Waals surface area (Å²) < 4.78 is -1.08. The quantitative estimate of drug-likeness (QED) is 0.462. The summed E-state index contributed by atoms with van der Waals surface area (Å²) in [5.41, 5.74) is 0. The van der Waals surface area contributed by atoms with Gasteiger partial charge in [0.2, 0.25) is 0 Å². The van der Waals surface area contributed by atoms with Gasteiger partial charge in [0.05, 0.1) is 0 Å². The van der Waals surface area contributed by atoms with E-state index in [-0.39, 0.29) is 27.3 Å². The first-order chi connectivity index (χ1) is 2.00. The summed E-state index contributed by atoms with van der Waals surface area (Å²) in [4.78, 5) is 0. The van der Waals surface area contributed by atoms with Gasteiger partial charge in [-0.15, -0.1) is 0 Å². The van der Waals surface area contributed by atoms with Crippen LogP contribution < -0.4 is 0 Å². The molecule has 0 aliphatic heterocycles. The van der Waals surface area contributed by atoms with Gasteiger partial charge in [0, 0.05) is 0 Å². The molecule has 0 aromatic carbocycles. The SMILES string of the molecule is CC(Cl)(Cl)Cl.[PbH2]. The summed E-state index contributed by atoms with van der Waals surface area (Å²) in [6.07, 6.45) is 0. The van der Waals surface area contributed by atoms with Gasteiger partial charge in [-0.1, -0.05) is 34.8 Å². The average molecular weight is 343 g/mol. The van der Waals surface area contributed by atoms with E-state index in [0.29, 0.717) is 0 Å². The van der Waals surface area contributed by atoms with Crippen molar-refractivity contribution in [2.24, 2.45) is 0 Å². The van der Waals surface area contributed by atoms with Gasteiger partial charge in [0.15, 0.2) is 3.79 Å². The molecule has 0 aliphatic carbocycles. The topological polar surface area (TPSA) is 0 Å². The van der Waals surface area contributed by atoms with E-state index in [1.165, 1.54) is 6.92 Å². The third kappa shape index (κ3) is 41.4. The van der Waals surface area contributed by atoms with Crippen LogP contribution in [0.5, 0.6) is 0 Å². The first-order valence-electron chi connectivity index (χ1n) is 1.07. The van der Waals surface area contributed by atoms with E-state index in [9.17, 15) is 0 Å². The van der Waals surface area contributed by atoms with Gasteiger partial charge < -0.3 is 0 Å². The molecule has 4 heteroatoms. The van der Waals surface area contributed by atoms with Crippen molar-refractivity contribution in [3.05, 3.63) is 0 Å². The molecule has 0 fully saturated rings. The molecule has 0 nitrogen and oxygen atoms in total. The molecule has 0 heterocycles. The summed E-state index contributed by atoms with van der Waals surface area (Å²) in [6, 6.07) is 0. The summed E-state index contributed by atoms with van der Waals surface area (Å²) >= 11 is 15.2. The molecule has 2 radical (unpaired) electrons. The molecule has 0 bridgehead atoms. The first kappa shape index (κ1) is 10.7. The van der Waals surface area contributed by atoms with Crippen LogP contribution in [-0.2, 0) is 0 Å². The van der Waals surface area contributed by atoms with Crippen molar-refractivity contribution in [2.45, 2.75) is 10.7 Å². The molecule has 0 atom stereocenters. The first-order valence-corrected chi connectivity index (χ1v) is 2.20. The second-order valence-electron chi connectivity index (χ2n) is 0.781. The van der Waals surface area contributed by atoms with Gasteiger partial charge in [-0.25, -0.2) is 0 Å². The maximum absolute atomic E-state index is 5.06. The third-order valence-corrected chi connectivity index (χ3v) is 0. The number of alkyl halides is 3. The number of hydrogen-bond donors (Lipinski definition) is 0. The van der Waals surface area contributed by atoms with Crippen molar-refractivity contribution in [3.8, 4) is 0 Å². The molecular weight excluding hydrogens is 338 g/mol. The molecule has 0 amide bonds. The third-order valence-electron chi connectivity index (χ3n) is 0. The van der Waals surface area contributed by atoms with E-state index in [1.54, 1.807) is 0 Å². The van der Waals surface area contributed by atoms with Crippen LogP contribution in [0.15, 0.2) is 0 Å². The fourth-order valence-electron chi connectivity index (χ4n) is 0. The molecule has 0 saturated carbocycles. The fraction of sp³-hybridized carbons (Fsp3) is 1.00. The summed E-state index contributed by atoms with van der Waals surface area (Å²) in [5, 5.41) is 0. The van der Waals surface area contributed by atoms with Crippen LogP contribution in [0.3, 0.4) is 0 Å². The fourth-order valence-corrected chi connectivity index (χ4v) is 0. The maximum atomic E-state index is 5.06. The van der Waals surface area contributed by atoms with Gasteiger partial charge in [0.25, 0.3) is 0 Å². The van der Waals surface area contributed by atoms with E-state index >= 15 is 0 Å². The van der Waals surface area contributed by atoms with Crippen LogP contribution in [0.25, 0.3) is 0 Å². The Balaban J connectivity index is 0. The molecule has 6 heavy (non-hydrogen) atoms. The number of rotatable bonds is 0. The minimum atomic E-state index is -1.08. The van der Waals surface area contributed by atoms with Crippen LogP contribution in [0.1, 0.15) is 6.92 Å². The summed E-state index contributed by atoms with van der Waals surface area (Å²) in [7, 11) is 0.